The summed E-state index contributed by atoms with van der Waals surface area (Å²) in [5, 5.41) is 19.5. The van der Waals surface area contributed by atoms with Gasteiger partial charge in [0.15, 0.2) is 0 Å². The van der Waals surface area contributed by atoms with Crippen LogP contribution in [0.15, 0.2) is 12.7 Å². The second kappa shape index (κ2) is 4.94. The van der Waals surface area contributed by atoms with Crippen LogP contribution in [-0.4, -0.2) is 34.9 Å². The Morgan fingerprint density at radius 2 is 2.31 bits per heavy atom. The Morgan fingerprint density at radius 1 is 1.77 bits per heavy atom. The van der Waals surface area contributed by atoms with E-state index < -0.39 is 23.2 Å². The highest BCUT2D eigenvalue weighted by molar-refractivity contribution is 4.80. The molecule has 1 unspecified atom stereocenters. The minimum Gasteiger partial charge on any atom is -0.383 e. The molecule has 0 saturated carbocycles. The van der Waals surface area contributed by atoms with Crippen LogP contribution < -0.4 is 0 Å². The molecular formula is C8H15NO4. The first-order chi connectivity index (χ1) is 5.90. The molecule has 5 heteroatoms. The summed E-state index contributed by atoms with van der Waals surface area (Å²) in [6.07, 6.45) is 0.420. The van der Waals surface area contributed by atoms with E-state index in [9.17, 15) is 15.2 Å². The van der Waals surface area contributed by atoms with E-state index in [2.05, 4.69) is 6.58 Å². The molecule has 0 aromatic carbocycles. The molecule has 0 radical (unpaired) electrons. The Labute approximate surface area is 77.2 Å². The van der Waals surface area contributed by atoms with E-state index in [-0.39, 0.29) is 6.61 Å². The number of hydrogen-bond acceptors (Lipinski definition) is 4. The van der Waals surface area contributed by atoms with Crippen LogP contribution in [0.5, 0.6) is 0 Å². The summed E-state index contributed by atoms with van der Waals surface area (Å²) >= 11 is 0. The van der Waals surface area contributed by atoms with Crippen LogP contribution in [0.4, 0.5) is 0 Å². The molecule has 0 aliphatic heterocycles. The normalized spacial score (nSPS) is 13.8. The van der Waals surface area contributed by atoms with E-state index in [0.29, 0.717) is 0 Å². The van der Waals surface area contributed by atoms with Gasteiger partial charge in [-0.3, -0.25) is 10.1 Å². The molecule has 13 heavy (non-hydrogen) atoms. The molecule has 0 aliphatic carbocycles. The number of ether oxygens (including phenoxy) is 1. The quantitative estimate of drug-likeness (QED) is 0.377. The number of rotatable bonds is 6. The van der Waals surface area contributed by atoms with Crippen molar-refractivity contribution >= 4 is 0 Å². The highest BCUT2D eigenvalue weighted by atomic mass is 16.6. The topological polar surface area (TPSA) is 72.6 Å². The largest absolute Gasteiger partial charge is 0.383 e. The molecule has 5 nitrogen and oxygen atoms in total. The average Bonchev–Trinajstić information content (AvgIpc) is 1.99. The van der Waals surface area contributed by atoms with E-state index in [1.807, 2.05) is 0 Å². The van der Waals surface area contributed by atoms with Crippen LogP contribution in [0.2, 0.25) is 0 Å². The lowest BCUT2D eigenvalue weighted by Crippen LogP contribution is -2.43. The van der Waals surface area contributed by atoms with Gasteiger partial charge in [-0.15, -0.1) is 6.58 Å². The van der Waals surface area contributed by atoms with Crippen LogP contribution in [0.1, 0.15) is 13.8 Å². The predicted octanol–water partition coefficient (Wildman–Crippen LogP) is 0.605. The van der Waals surface area contributed by atoms with Crippen LogP contribution in [0, 0.1) is 10.1 Å². The van der Waals surface area contributed by atoms with Crippen molar-refractivity contribution in [3.05, 3.63) is 22.8 Å². The Bertz CT molecular complexity index is 191. The molecule has 0 amide bonds. The summed E-state index contributed by atoms with van der Waals surface area (Å²) in [7, 11) is 0. The van der Waals surface area contributed by atoms with Crippen molar-refractivity contribution in [1.29, 1.82) is 0 Å². The summed E-state index contributed by atoms with van der Waals surface area (Å²) in [5.74, 6) is 0. The highest BCUT2D eigenvalue weighted by Crippen LogP contribution is 2.14. The number of aliphatic hydroxyl groups excluding tert-OH is 1. The number of hydrogen-bond donors (Lipinski definition) is 1. The molecule has 0 heterocycles. The van der Waals surface area contributed by atoms with E-state index in [1.165, 1.54) is 6.08 Å². The standard InChI is InChI=1S/C8H15NO4/c1-4-5-13-8(2,3)7(10)6-9(11)12/h4,7,10H,1,5-6H2,2-3H3. The maximum Gasteiger partial charge on any atom is 0.232 e. The molecule has 0 aromatic rings. The maximum absolute atomic E-state index is 10.1. The van der Waals surface area contributed by atoms with E-state index >= 15 is 0 Å². The zero-order chi connectivity index (χ0) is 10.5. The minimum atomic E-state index is -1.11. The first-order valence-corrected chi connectivity index (χ1v) is 3.95. The van der Waals surface area contributed by atoms with Crippen molar-refractivity contribution < 1.29 is 14.8 Å². The minimum absolute atomic E-state index is 0.266. The lowest BCUT2D eigenvalue weighted by Gasteiger charge is -2.27. The van der Waals surface area contributed by atoms with Gasteiger partial charge >= 0.3 is 0 Å². The maximum atomic E-state index is 10.1. The molecule has 0 aliphatic rings. The highest BCUT2D eigenvalue weighted by Gasteiger charge is 2.32. The Balaban J connectivity index is 4.08. The van der Waals surface area contributed by atoms with Crippen molar-refractivity contribution in [2.75, 3.05) is 13.2 Å². The molecule has 0 bridgehead atoms. The lowest BCUT2D eigenvalue weighted by molar-refractivity contribution is -0.495. The second-order valence-corrected chi connectivity index (χ2v) is 3.23. The molecule has 0 saturated heterocycles. The van der Waals surface area contributed by atoms with Gasteiger partial charge in [-0.05, 0) is 13.8 Å². The Morgan fingerprint density at radius 3 is 2.69 bits per heavy atom. The average molecular weight is 189 g/mol. The first kappa shape index (κ1) is 12.1. The van der Waals surface area contributed by atoms with Gasteiger partial charge in [-0.2, -0.15) is 0 Å². The van der Waals surface area contributed by atoms with E-state index in [1.54, 1.807) is 13.8 Å². The molecule has 0 spiro atoms. The van der Waals surface area contributed by atoms with Crippen molar-refractivity contribution in [3.63, 3.8) is 0 Å². The van der Waals surface area contributed by atoms with Crippen LogP contribution >= 0.6 is 0 Å². The smallest absolute Gasteiger partial charge is 0.232 e. The summed E-state index contributed by atoms with van der Waals surface area (Å²) in [4.78, 5) is 9.53. The third kappa shape index (κ3) is 4.59. The van der Waals surface area contributed by atoms with Gasteiger partial charge in [0.1, 0.15) is 6.10 Å². The van der Waals surface area contributed by atoms with Gasteiger partial charge in [-0.1, -0.05) is 6.08 Å². The van der Waals surface area contributed by atoms with Crippen molar-refractivity contribution in [1.82, 2.24) is 0 Å². The number of nitrogens with zero attached hydrogens (tertiary/aromatic N) is 1. The Kier molecular flexibility index (Phi) is 4.58. The van der Waals surface area contributed by atoms with Crippen molar-refractivity contribution in [2.45, 2.75) is 25.6 Å². The molecule has 1 atom stereocenters. The number of nitro groups is 1. The fourth-order valence-corrected chi connectivity index (χ4v) is 0.731. The summed E-state index contributed by atoms with van der Waals surface area (Å²) in [5.41, 5.74) is -0.915. The van der Waals surface area contributed by atoms with E-state index in [4.69, 9.17) is 4.74 Å². The third-order valence-corrected chi connectivity index (χ3v) is 1.70. The van der Waals surface area contributed by atoms with Crippen molar-refractivity contribution in [2.24, 2.45) is 0 Å². The molecule has 0 rings (SSSR count). The van der Waals surface area contributed by atoms with Crippen molar-refractivity contribution in [3.8, 4) is 0 Å². The molecule has 1 N–H and O–H groups in total. The second-order valence-electron chi connectivity index (χ2n) is 3.23. The zero-order valence-corrected chi connectivity index (χ0v) is 7.90. The predicted molar refractivity (Wildman–Crippen MR) is 48.1 cm³/mol. The van der Waals surface area contributed by atoms with Gasteiger partial charge in [0.05, 0.1) is 12.2 Å². The molecule has 0 fully saturated rings. The van der Waals surface area contributed by atoms with Crippen LogP contribution in [-0.2, 0) is 4.74 Å². The summed E-state index contributed by atoms with van der Waals surface area (Å²) in [6, 6.07) is 0. The summed E-state index contributed by atoms with van der Waals surface area (Å²) in [6.45, 7) is 6.40. The van der Waals surface area contributed by atoms with Crippen LogP contribution in [0.3, 0.4) is 0 Å². The molecular weight excluding hydrogens is 174 g/mol. The molecule has 0 aromatic heterocycles. The first-order valence-electron chi connectivity index (χ1n) is 3.95. The van der Waals surface area contributed by atoms with Crippen LogP contribution in [0.25, 0.3) is 0 Å². The monoisotopic (exact) mass is 189 g/mol. The van der Waals surface area contributed by atoms with Gasteiger partial charge < -0.3 is 9.84 Å². The zero-order valence-electron chi connectivity index (χ0n) is 7.90. The SMILES string of the molecule is C=CCOC(C)(C)C(O)C[N+](=O)[O-]. The lowest BCUT2D eigenvalue weighted by atomic mass is 10.0. The van der Waals surface area contributed by atoms with Gasteiger partial charge in [0.2, 0.25) is 6.54 Å². The van der Waals surface area contributed by atoms with E-state index in [0.717, 1.165) is 0 Å². The third-order valence-electron chi connectivity index (χ3n) is 1.70. The van der Waals surface area contributed by atoms with Gasteiger partial charge in [-0.25, -0.2) is 0 Å². The van der Waals surface area contributed by atoms with Gasteiger partial charge in [0.25, 0.3) is 0 Å². The Hall–Kier alpha value is -0.940. The fourth-order valence-electron chi connectivity index (χ4n) is 0.731. The fraction of sp³-hybridized carbons (Fsp3) is 0.750. The number of aliphatic hydroxyl groups is 1. The molecule has 76 valence electrons. The van der Waals surface area contributed by atoms with Gasteiger partial charge in [0, 0.05) is 4.92 Å². The summed E-state index contributed by atoms with van der Waals surface area (Å²) < 4.78 is 5.17.